The van der Waals surface area contributed by atoms with Crippen molar-refractivity contribution >= 4 is 10.1 Å². The molecule has 0 aliphatic carbocycles. The molecule has 0 heterocycles. The van der Waals surface area contributed by atoms with Gasteiger partial charge in [0, 0.05) is 0 Å². The summed E-state index contributed by atoms with van der Waals surface area (Å²) in [5.41, 5.74) is 0. The van der Waals surface area contributed by atoms with E-state index in [2.05, 4.69) is 0 Å². The largest absolute Gasteiger partial charge is 1.00 e. The second kappa shape index (κ2) is 9.65. The van der Waals surface area contributed by atoms with Gasteiger partial charge in [0.15, 0.2) is 0 Å². The minimum atomic E-state index is -4.39. The quantitative estimate of drug-likeness (QED) is 0.385. The van der Waals surface area contributed by atoms with Gasteiger partial charge in [-0.25, -0.2) is 0 Å². The molecule has 0 aromatic carbocycles. The third kappa shape index (κ3) is 9.41. The Morgan fingerprint density at radius 1 is 1.18 bits per heavy atom. The average molecular weight is 232 g/mol. The SMILES string of the molecule is O=S(=O)(O)C(C[O-])C[O-].[K+].[K+]. The predicted octanol–water partition coefficient (Wildman–Crippen LogP) is -9.03. The third-order valence-electron chi connectivity index (χ3n) is 0.793. The maximum atomic E-state index is 9.95. The molecule has 56 valence electrons. The summed E-state index contributed by atoms with van der Waals surface area (Å²) in [4.78, 5) is 0. The smallest absolute Gasteiger partial charge is 0.854 e. The summed E-state index contributed by atoms with van der Waals surface area (Å²) in [6.45, 7) is -2.16. The molecule has 0 atom stereocenters. The van der Waals surface area contributed by atoms with Crippen molar-refractivity contribution in [1.82, 2.24) is 0 Å². The van der Waals surface area contributed by atoms with E-state index in [0.29, 0.717) is 0 Å². The van der Waals surface area contributed by atoms with Gasteiger partial charge in [-0.1, -0.05) is 0 Å². The Hall–Kier alpha value is 3.10. The molecule has 0 saturated carbocycles. The molecule has 0 aliphatic heterocycles. The van der Waals surface area contributed by atoms with Crippen molar-refractivity contribution in [3.05, 3.63) is 0 Å². The zero-order valence-electron chi connectivity index (χ0n) is 6.48. The minimum absolute atomic E-state index is 0. The number of hydrogen-bond donors (Lipinski definition) is 1. The van der Waals surface area contributed by atoms with Crippen LogP contribution in [-0.4, -0.2) is 31.4 Å². The molecule has 0 spiro atoms. The molecule has 8 heteroatoms. The number of rotatable bonds is 3. The van der Waals surface area contributed by atoms with Gasteiger partial charge in [0.1, 0.15) is 0 Å². The van der Waals surface area contributed by atoms with Gasteiger partial charge in [-0.3, -0.25) is 4.55 Å². The molecule has 0 fully saturated rings. The van der Waals surface area contributed by atoms with E-state index in [1.54, 1.807) is 0 Å². The predicted molar refractivity (Wildman–Crippen MR) is 25.1 cm³/mol. The molecule has 11 heavy (non-hydrogen) atoms. The van der Waals surface area contributed by atoms with Crippen molar-refractivity contribution in [2.45, 2.75) is 5.25 Å². The maximum Gasteiger partial charge on any atom is 1.00 e. The number of hydrogen-bond acceptors (Lipinski definition) is 4. The van der Waals surface area contributed by atoms with Crippen molar-refractivity contribution < 1.29 is 126 Å². The van der Waals surface area contributed by atoms with Gasteiger partial charge in [-0.15, -0.1) is 13.2 Å². The first-order chi connectivity index (χ1) is 4.02. The van der Waals surface area contributed by atoms with E-state index in [9.17, 15) is 18.6 Å². The van der Waals surface area contributed by atoms with Gasteiger partial charge in [-0.05, 0) is 0 Å². The van der Waals surface area contributed by atoms with Crippen LogP contribution >= 0.6 is 0 Å². The van der Waals surface area contributed by atoms with Crippen LogP contribution in [0.2, 0.25) is 0 Å². The van der Waals surface area contributed by atoms with E-state index in [-0.39, 0.29) is 103 Å². The molecule has 0 aliphatic rings. The normalized spacial score (nSPS) is 10.2. The van der Waals surface area contributed by atoms with Gasteiger partial charge in [0.2, 0.25) is 0 Å². The van der Waals surface area contributed by atoms with Crippen LogP contribution in [0.5, 0.6) is 0 Å². The Balaban J connectivity index is -0.000000320. The van der Waals surface area contributed by atoms with E-state index in [1.807, 2.05) is 0 Å². The summed E-state index contributed by atoms with van der Waals surface area (Å²) in [7, 11) is -4.39. The van der Waals surface area contributed by atoms with Crippen LogP contribution in [0.1, 0.15) is 0 Å². The van der Waals surface area contributed by atoms with Crippen molar-refractivity contribution in [2.75, 3.05) is 13.2 Å². The van der Waals surface area contributed by atoms with Crippen LogP contribution in [0, 0.1) is 0 Å². The summed E-state index contributed by atoms with van der Waals surface area (Å²) < 4.78 is 27.9. The second-order valence-electron chi connectivity index (χ2n) is 1.47. The van der Waals surface area contributed by atoms with Crippen LogP contribution in [0.4, 0.5) is 0 Å². The Labute approximate surface area is 151 Å². The van der Waals surface area contributed by atoms with Crippen molar-refractivity contribution in [3.8, 4) is 0 Å². The Kier molecular flexibility index (Phi) is 17.2. The molecular weight excluding hydrogens is 226 g/mol. The molecule has 0 saturated heterocycles. The monoisotopic (exact) mass is 232 g/mol. The zero-order chi connectivity index (χ0) is 7.49. The molecule has 0 unspecified atom stereocenters. The Morgan fingerprint density at radius 2 is 1.45 bits per heavy atom. The minimum Gasteiger partial charge on any atom is -0.854 e. The van der Waals surface area contributed by atoms with Crippen LogP contribution in [0.15, 0.2) is 0 Å². The van der Waals surface area contributed by atoms with E-state index >= 15 is 0 Å². The van der Waals surface area contributed by atoms with Gasteiger partial charge in [0.25, 0.3) is 10.1 Å². The standard InChI is InChI=1S/C3H6O5S.2K/c4-1-3(2-5)9(6,7)8;;/h3H,1-2H2,(H,6,7,8);;/q-2;2*+1. The van der Waals surface area contributed by atoms with Gasteiger partial charge >= 0.3 is 103 Å². The van der Waals surface area contributed by atoms with Crippen LogP contribution in [0.25, 0.3) is 0 Å². The maximum absolute atomic E-state index is 9.95. The van der Waals surface area contributed by atoms with Gasteiger partial charge in [-0.2, -0.15) is 8.42 Å². The first-order valence-corrected chi connectivity index (χ1v) is 3.65. The van der Waals surface area contributed by atoms with Gasteiger partial charge < -0.3 is 10.2 Å². The molecule has 0 aromatic rings. The Morgan fingerprint density at radius 3 is 1.45 bits per heavy atom. The summed E-state index contributed by atoms with van der Waals surface area (Å²) in [6, 6.07) is 0. The topological polar surface area (TPSA) is 100 Å². The first kappa shape index (κ1) is 19.6. The first-order valence-electron chi connectivity index (χ1n) is 2.15. The molecule has 0 aromatic heterocycles. The van der Waals surface area contributed by atoms with E-state index in [1.165, 1.54) is 0 Å². The fourth-order valence-electron chi connectivity index (χ4n) is 0.220. The fraction of sp³-hybridized carbons (Fsp3) is 1.00. The van der Waals surface area contributed by atoms with E-state index in [0.717, 1.165) is 0 Å². The summed E-state index contributed by atoms with van der Waals surface area (Å²) in [5.74, 6) is 0. The Bertz CT molecular complexity index is 163. The summed E-state index contributed by atoms with van der Waals surface area (Å²) >= 11 is 0. The molecule has 0 bridgehead atoms. The molecule has 1 N–H and O–H groups in total. The van der Waals surface area contributed by atoms with Crippen molar-refractivity contribution in [2.24, 2.45) is 0 Å². The molecule has 0 radical (unpaired) electrons. The van der Waals surface area contributed by atoms with Crippen molar-refractivity contribution in [1.29, 1.82) is 0 Å². The summed E-state index contributed by atoms with van der Waals surface area (Å²) in [6.07, 6.45) is 0. The summed E-state index contributed by atoms with van der Waals surface area (Å²) in [5, 5.41) is 17.9. The molecule has 5 nitrogen and oxygen atoms in total. The average Bonchev–Trinajstić information content (AvgIpc) is 1.65. The van der Waals surface area contributed by atoms with Crippen LogP contribution in [-0.2, 0) is 10.1 Å². The van der Waals surface area contributed by atoms with Gasteiger partial charge in [0.05, 0.1) is 5.25 Å². The molecular formula is C3H6K2O5S. The van der Waals surface area contributed by atoms with E-state index in [4.69, 9.17) is 4.55 Å². The zero-order valence-corrected chi connectivity index (χ0v) is 13.5. The van der Waals surface area contributed by atoms with Crippen LogP contribution < -0.4 is 113 Å². The fourth-order valence-corrected chi connectivity index (χ4v) is 0.564. The second-order valence-corrected chi connectivity index (χ2v) is 3.17. The third-order valence-corrected chi connectivity index (χ3v) is 1.91. The van der Waals surface area contributed by atoms with Crippen LogP contribution in [0.3, 0.4) is 0 Å². The van der Waals surface area contributed by atoms with E-state index < -0.39 is 28.6 Å². The molecule has 0 rings (SSSR count). The van der Waals surface area contributed by atoms with Crippen molar-refractivity contribution in [3.63, 3.8) is 0 Å². The molecule has 0 amide bonds.